The summed E-state index contributed by atoms with van der Waals surface area (Å²) in [4.78, 5) is 3.46. The smallest absolute Gasteiger partial charge is 0.258 e. The number of ether oxygens (including phenoxy) is 4. The Kier molecular flexibility index (Phi) is 5.57. The zero-order valence-electron chi connectivity index (χ0n) is 18.5. The number of benzene rings is 1. The van der Waals surface area contributed by atoms with E-state index in [0.717, 1.165) is 48.0 Å². The molecule has 1 saturated heterocycles. The first kappa shape index (κ1) is 20.9. The number of methoxy groups -OCH3 is 3. The maximum absolute atomic E-state index is 9.38. The van der Waals surface area contributed by atoms with Crippen LogP contribution in [0.4, 0.5) is 5.69 Å². The van der Waals surface area contributed by atoms with Crippen molar-refractivity contribution >= 4 is 21.9 Å². The summed E-state index contributed by atoms with van der Waals surface area (Å²) in [6, 6.07) is 5.92. The first-order valence-corrected chi connectivity index (χ1v) is 11.6. The first-order chi connectivity index (χ1) is 15.7. The summed E-state index contributed by atoms with van der Waals surface area (Å²) >= 11 is 1.62. The van der Waals surface area contributed by atoms with Crippen LogP contribution in [0.2, 0.25) is 0 Å². The fourth-order valence-electron chi connectivity index (χ4n) is 4.35. The van der Waals surface area contributed by atoms with Gasteiger partial charge in [0, 0.05) is 18.5 Å². The molecule has 1 aliphatic carbocycles. The average Bonchev–Trinajstić information content (AvgIpc) is 3.19. The van der Waals surface area contributed by atoms with Gasteiger partial charge in [0.05, 0.1) is 56.9 Å². The van der Waals surface area contributed by atoms with Crippen molar-refractivity contribution in [2.24, 2.45) is 5.92 Å². The number of hydrogen-bond donors (Lipinski definition) is 0. The highest BCUT2D eigenvalue weighted by atomic mass is 32.1. The highest BCUT2D eigenvalue weighted by molar-refractivity contribution is 7.16. The van der Waals surface area contributed by atoms with Crippen LogP contribution in [-0.2, 0) is 4.74 Å². The number of rotatable bonds is 8. The maximum atomic E-state index is 9.38. The van der Waals surface area contributed by atoms with Crippen molar-refractivity contribution in [3.63, 3.8) is 0 Å². The molecule has 1 saturated carbocycles. The summed E-state index contributed by atoms with van der Waals surface area (Å²) in [5.41, 5.74) is 3.10. The van der Waals surface area contributed by atoms with Crippen molar-refractivity contribution in [1.29, 1.82) is 5.26 Å². The van der Waals surface area contributed by atoms with Crippen molar-refractivity contribution in [3.05, 3.63) is 23.1 Å². The Morgan fingerprint density at radius 1 is 1.19 bits per heavy atom. The van der Waals surface area contributed by atoms with Crippen LogP contribution in [0.5, 0.6) is 17.4 Å². The standard InChI is InChI=1S/C23H26N4O4S/c1-28-18-8-15(10-24)9-19(29-2)20(18)17-13-32-23-21(22(30-3)25-27(17)23)26(11-14-4-5-14)16-6-7-31-12-16/h8-9,13-14,16H,4-7,11-12H2,1-3H3. The number of hydrogen-bond acceptors (Lipinski definition) is 8. The fourth-order valence-corrected chi connectivity index (χ4v) is 5.35. The van der Waals surface area contributed by atoms with E-state index in [1.54, 1.807) is 44.8 Å². The molecule has 1 unspecified atom stereocenters. The van der Waals surface area contributed by atoms with E-state index in [9.17, 15) is 5.26 Å². The van der Waals surface area contributed by atoms with Gasteiger partial charge in [0.15, 0.2) is 0 Å². The maximum Gasteiger partial charge on any atom is 0.258 e. The van der Waals surface area contributed by atoms with Crippen LogP contribution in [0.1, 0.15) is 24.8 Å². The lowest BCUT2D eigenvalue weighted by atomic mass is 10.1. The predicted molar refractivity (Wildman–Crippen MR) is 122 cm³/mol. The Labute approximate surface area is 190 Å². The quantitative estimate of drug-likeness (QED) is 0.509. The largest absolute Gasteiger partial charge is 0.496 e. The first-order valence-electron chi connectivity index (χ1n) is 10.7. The molecule has 9 heteroatoms. The van der Waals surface area contributed by atoms with Gasteiger partial charge in [-0.25, -0.2) is 4.52 Å². The van der Waals surface area contributed by atoms with Gasteiger partial charge < -0.3 is 23.8 Å². The van der Waals surface area contributed by atoms with Crippen LogP contribution in [0.25, 0.3) is 16.1 Å². The van der Waals surface area contributed by atoms with Crippen LogP contribution in [0.15, 0.2) is 17.5 Å². The molecule has 0 amide bonds. The molecule has 0 bridgehead atoms. The van der Waals surface area contributed by atoms with Gasteiger partial charge >= 0.3 is 0 Å². The molecule has 32 heavy (non-hydrogen) atoms. The van der Waals surface area contributed by atoms with E-state index in [1.807, 2.05) is 4.52 Å². The third-order valence-electron chi connectivity index (χ3n) is 6.17. The topological polar surface area (TPSA) is 81.2 Å². The molecule has 1 aliphatic heterocycles. The lowest BCUT2D eigenvalue weighted by Gasteiger charge is -2.29. The molecule has 2 aliphatic rings. The molecule has 8 nitrogen and oxygen atoms in total. The molecule has 168 valence electrons. The Balaban J connectivity index is 1.67. The molecular formula is C23H26N4O4S. The summed E-state index contributed by atoms with van der Waals surface area (Å²) in [7, 11) is 4.85. The lowest BCUT2D eigenvalue weighted by Crippen LogP contribution is -2.37. The van der Waals surface area contributed by atoms with Crippen LogP contribution < -0.4 is 19.1 Å². The number of thiazole rings is 1. The molecule has 1 aromatic carbocycles. The molecule has 0 spiro atoms. The zero-order chi connectivity index (χ0) is 22.2. The summed E-state index contributed by atoms with van der Waals surface area (Å²) in [5, 5.41) is 16.3. The number of nitriles is 1. The van der Waals surface area contributed by atoms with E-state index in [1.165, 1.54) is 12.8 Å². The van der Waals surface area contributed by atoms with Crippen molar-refractivity contribution in [3.8, 4) is 34.7 Å². The van der Waals surface area contributed by atoms with Gasteiger partial charge in [-0.15, -0.1) is 16.4 Å². The van der Waals surface area contributed by atoms with Gasteiger partial charge in [0.25, 0.3) is 5.88 Å². The van der Waals surface area contributed by atoms with E-state index >= 15 is 0 Å². The Morgan fingerprint density at radius 2 is 1.94 bits per heavy atom. The van der Waals surface area contributed by atoms with Crippen molar-refractivity contribution in [2.75, 3.05) is 46.0 Å². The minimum atomic E-state index is 0.321. The highest BCUT2D eigenvalue weighted by Crippen LogP contribution is 2.46. The molecule has 3 aromatic rings. The second-order valence-corrected chi connectivity index (χ2v) is 9.03. The molecule has 2 aromatic heterocycles. The van der Waals surface area contributed by atoms with E-state index in [-0.39, 0.29) is 0 Å². The highest BCUT2D eigenvalue weighted by Gasteiger charge is 2.35. The molecule has 0 radical (unpaired) electrons. The van der Waals surface area contributed by atoms with E-state index in [4.69, 9.17) is 24.0 Å². The summed E-state index contributed by atoms with van der Waals surface area (Å²) in [6.45, 7) is 2.50. The van der Waals surface area contributed by atoms with Crippen molar-refractivity contribution in [2.45, 2.75) is 25.3 Å². The van der Waals surface area contributed by atoms with Gasteiger partial charge in [-0.3, -0.25) is 0 Å². The van der Waals surface area contributed by atoms with Gasteiger partial charge in [-0.1, -0.05) is 0 Å². The van der Waals surface area contributed by atoms with Crippen LogP contribution in [0.3, 0.4) is 0 Å². The molecule has 2 fully saturated rings. The number of nitrogens with zero attached hydrogens (tertiary/aromatic N) is 4. The minimum Gasteiger partial charge on any atom is -0.496 e. The normalized spacial score (nSPS) is 18.0. The lowest BCUT2D eigenvalue weighted by molar-refractivity contribution is 0.193. The molecule has 3 heterocycles. The number of aromatic nitrogens is 2. The average molecular weight is 455 g/mol. The number of fused-ring (bicyclic) bond motifs is 1. The fraction of sp³-hybridized carbons (Fsp3) is 0.478. The number of anilines is 1. The third-order valence-corrected chi connectivity index (χ3v) is 7.10. The summed E-state index contributed by atoms with van der Waals surface area (Å²) in [5.74, 6) is 2.46. The SMILES string of the molecule is COc1cc(C#N)cc(OC)c1-c1csc2c(N(CC3CC3)C3CCOC3)c(OC)nn12. The monoisotopic (exact) mass is 454 g/mol. The predicted octanol–water partition coefficient (Wildman–Crippen LogP) is 3.97. The van der Waals surface area contributed by atoms with Gasteiger partial charge in [0.2, 0.25) is 0 Å². The Bertz CT molecular complexity index is 1150. The van der Waals surface area contributed by atoms with Crippen LogP contribution in [-0.4, -0.2) is 56.7 Å². The molecule has 5 rings (SSSR count). The summed E-state index contributed by atoms with van der Waals surface area (Å²) in [6.07, 6.45) is 3.54. The summed E-state index contributed by atoms with van der Waals surface area (Å²) < 4.78 is 24.6. The van der Waals surface area contributed by atoms with Crippen LogP contribution in [0, 0.1) is 17.2 Å². The third kappa shape index (κ3) is 3.53. The minimum absolute atomic E-state index is 0.321. The van der Waals surface area contributed by atoms with Gasteiger partial charge in [-0.05, 0) is 37.3 Å². The molecule has 0 N–H and O–H groups in total. The van der Waals surface area contributed by atoms with E-state index in [0.29, 0.717) is 34.9 Å². The van der Waals surface area contributed by atoms with Crippen LogP contribution >= 0.6 is 11.3 Å². The van der Waals surface area contributed by atoms with E-state index in [2.05, 4.69) is 16.3 Å². The second kappa shape index (κ2) is 8.52. The van der Waals surface area contributed by atoms with Crippen molar-refractivity contribution < 1.29 is 18.9 Å². The Morgan fingerprint density at radius 3 is 2.50 bits per heavy atom. The van der Waals surface area contributed by atoms with Gasteiger partial charge in [0.1, 0.15) is 22.0 Å². The molecule has 1 atom stereocenters. The van der Waals surface area contributed by atoms with Crippen molar-refractivity contribution in [1.82, 2.24) is 9.61 Å². The second-order valence-electron chi connectivity index (χ2n) is 8.18. The zero-order valence-corrected chi connectivity index (χ0v) is 19.3. The van der Waals surface area contributed by atoms with E-state index < -0.39 is 0 Å². The molecular weight excluding hydrogens is 428 g/mol. The Hall–Kier alpha value is -2.96. The van der Waals surface area contributed by atoms with Gasteiger partial charge in [-0.2, -0.15) is 5.26 Å².